The molecule has 5 nitrogen and oxygen atoms in total. The average molecular weight is 298 g/mol. The molecule has 0 aliphatic rings. The molecule has 0 saturated heterocycles. The van der Waals surface area contributed by atoms with Crippen molar-refractivity contribution in [2.24, 2.45) is 5.73 Å². The first kappa shape index (κ1) is 13.4. The van der Waals surface area contributed by atoms with Gasteiger partial charge in [-0.05, 0) is 48.6 Å². The Bertz CT molecular complexity index is 734. The molecule has 0 amide bonds. The van der Waals surface area contributed by atoms with Crippen molar-refractivity contribution in [3.05, 3.63) is 54.4 Å². The first-order valence-corrected chi connectivity index (χ1v) is 6.84. The van der Waals surface area contributed by atoms with E-state index in [-0.39, 0.29) is 5.11 Å². The van der Waals surface area contributed by atoms with Crippen LogP contribution in [0.1, 0.15) is 5.82 Å². The van der Waals surface area contributed by atoms with Crippen molar-refractivity contribution >= 4 is 34.1 Å². The lowest BCUT2D eigenvalue weighted by atomic mass is 10.3. The Balaban J connectivity index is 1.65. The zero-order chi connectivity index (χ0) is 14.7. The summed E-state index contributed by atoms with van der Waals surface area (Å²) in [5.74, 6) is 1.55. The lowest BCUT2D eigenvalue weighted by Gasteiger charge is -2.06. The topological polar surface area (TPSA) is 76.0 Å². The highest BCUT2D eigenvalue weighted by Crippen LogP contribution is 2.17. The number of para-hydroxylation sites is 2. The fourth-order valence-electron chi connectivity index (χ4n) is 2.00. The van der Waals surface area contributed by atoms with Gasteiger partial charge in [-0.15, -0.1) is 0 Å². The number of imidazole rings is 1. The molecule has 0 saturated carbocycles. The molecule has 0 fully saturated rings. The van der Waals surface area contributed by atoms with Crippen molar-refractivity contribution in [2.45, 2.75) is 6.61 Å². The largest absolute Gasteiger partial charge is 0.486 e. The highest BCUT2D eigenvalue weighted by molar-refractivity contribution is 7.80. The molecule has 1 aromatic heterocycles. The summed E-state index contributed by atoms with van der Waals surface area (Å²) in [7, 11) is 0. The van der Waals surface area contributed by atoms with Crippen LogP contribution < -0.4 is 15.8 Å². The molecule has 0 unspecified atom stereocenters. The minimum absolute atomic E-state index is 0.242. The van der Waals surface area contributed by atoms with Gasteiger partial charge in [0.1, 0.15) is 18.2 Å². The lowest BCUT2D eigenvalue weighted by Crippen LogP contribution is -2.18. The maximum absolute atomic E-state index is 5.70. The molecule has 21 heavy (non-hydrogen) atoms. The predicted octanol–water partition coefficient (Wildman–Crippen LogP) is 2.80. The molecule has 0 bridgehead atoms. The zero-order valence-electron chi connectivity index (χ0n) is 11.2. The SMILES string of the molecule is NC(=S)Nc1ccc(OCc2nc3ccccc3[nH]2)cc1. The van der Waals surface area contributed by atoms with E-state index in [0.717, 1.165) is 28.3 Å². The van der Waals surface area contributed by atoms with E-state index in [2.05, 4.69) is 15.3 Å². The summed E-state index contributed by atoms with van der Waals surface area (Å²) in [6.45, 7) is 0.386. The van der Waals surface area contributed by atoms with E-state index >= 15 is 0 Å². The van der Waals surface area contributed by atoms with Gasteiger partial charge >= 0.3 is 0 Å². The van der Waals surface area contributed by atoms with E-state index in [1.807, 2.05) is 48.5 Å². The van der Waals surface area contributed by atoms with Crippen LogP contribution in [0, 0.1) is 0 Å². The third-order valence-corrected chi connectivity index (χ3v) is 3.04. The van der Waals surface area contributed by atoms with Crippen molar-refractivity contribution < 1.29 is 4.74 Å². The van der Waals surface area contributed by atoms with Crippen LogP contribution in [-0.2, 0) is 6.61 Å². The highest BCUT2D eigenvalue weighted by atomic mass is 32.1. The first-order chi connectivity index (χ1) is 10.2. The maximum Gasteiger partial charge on any atom is 0.168 e. The molecule has 0 radical (unpaired) electrons. The quantitative estimate of drug-likeness (QED) is 0.646. The summed E-state index contributed by atoms with van der Waals surface area (Å²) in [4.78, 5) is 7.68. The molecule has 0 aliphatic carbocycles. The molecule has 3 rings (SSSR count). The number of aromatic amines is 1. The Labute approximate surface area is 127 Å². The van der Waals surface area contributed by atoms with Gasteiger partial charge in [-0.25, -0.2) is 4.98 Å². The molecule has 2 aromatic carbocycles. The molecular weight excluding hydrogens is 284 g/mol. The van der Waals surface area contributed by atoms with Gasteiger partial charge in [-0.2, -0.15) is 0 Å². The second-order valence-electron chi connectivity index (χ2n) is 4.50. The third-order valence-electron chi connectivity index (χ3n) is 2.94. The highest BCUT2D eigenvalue weighted by Gasteiger charge is 2.03. The summed E-state index contributed by atoms with van der Waals surface area (Å²) < 4.78 is 5.70. The second kappa shape index (κ2) is 5.80. The molecule has 6 heteroatoms. The van der Waals surface area contributed by atoms with Crippen LogP contribution in [-0.4, -0.2) is 15.1 Å². The lowest BCUT2D eigenvalue weighted by molar-refractivity contribution is 0.297. The maximum atomic E-state index is 5.70. The average Bonchev–Trinajstić information content (AvgIpc) is 2.89. The molecule has 4 N–H and O–H groups in total. The van der Waals surface area contributed by atoms with Crippen LogP contribution in [0.5, 0.6) is 5.75 Å². The molecule has 1 heterocycles. The molecule has 0 atom stereocenters. The summed E-state index contributed by atoms with van der Waals surface area (Å²) in [6.07, 6.45) is 0. The number of nitrogens with zero attached hydrogens (tertiary/aromatic N) is 1. The van der Waals surface area contributed by atoms with E-state index < -0.39 is 0 Å². The Kier molecular flexibility index (Phi) is 3.70. The van der Waals surface area contributed by atoms with Crippen molar-refractivity contribution in [1.29, 1.82) is 0 Å². The first-order valence-electron chi connectivity index (χ1n) is 6.44. The standard InChI is InChI=1S/C15H14N4OS/c16-15(21)17-10-5-7-11(8-6-10)20-9-14-18-12-3-1-2-4-13(12)19-14/h1-8H,9H2,(H,18,19)(H3,16,17,21). The minimum atomic E-state index is 0.242. The van der Waals surface area contributed by atoms with Gasteiger partial charge in [-0.1, -0.05) is 12.1 Å². The summed E-state index contributed by atoms with van der Waals surface area (Å²) in [5, 5.41) is 3.10. The number of H-pyrrole nitrogens is 1. The zero-order valence-corrected chi connectivity index (χ0v) is 12.0. The van der Waals surface area contributed by atoms with Gasteiger partial charge in [0, 0.05) is 5.69 Å². The number of thiocarbonyl (C=S) groups is 1. The number of nitrogens with two attached hydrogens (primary N) is 1. The monoisotopic (exact) mass is 298 g/mol. The van der Waals surface area contributed by atoms with Gasteiger partial charge in [0.25, 0.3) is 0 Å². The number of ether oxygens (including phenoxy) is 1. The summed E-state index contributed by atoms with van der Waals surface area (Å²) in [6, 6.07) is 15.3. The van der Waals surface area contributed by atoms with Gasteiger partial charge in [0.05, 0.1) is 11.0 Å². The number of hydrogen-bond acceptors (Lipinski definition) is 3. The van der Waals surface area contributed by atoms with Crippen molar-refractivity contribution in [1.82, 2.24) is 9.97 Å². The Morgan fingerprint density at radius 3 is 2.67 bits per heavy atom. The van der Waals surface area contributed by atoms with E-state index in [1.54, 1.807) is 0 Å². The molecule has 3 aromatic rings. The van der Waals surface area contributed by atoms with Crippen molar-refractivity contribution in [3.63, 3.8) is 0 Å². The molecule has 106 valence electrons. The van der Waals surface area contributed by atoms with E-state index in [9.17, 15) is 0 Å². The summed E-state index contributed by atoms with van der Waals surface area (Å²) >= 11 is 4.78. The molecule has 0 aliphatic heterocycles. The predicted molar refractivity (Wildman–Crippen MR) is 87.3 cm³/mol. The number of nitrogens with one attached hydrogen (secondary N) is 2. The number of fused-ring (bicyclic) bond motifs is 1. The number of benzene rings is 2. The normalized spacial score (nSPS) is 10.5. The number of anilines is 1. The molecular formula is C15H14N4OS. The van der Waals surface area contributed by atoms with Gasteiger partial charge < -0.3 is 20.8 Å². The Morgan fingerprint density at radius 1 is 1.19 bits per heavy atom. The van der Waals surface area contributed by atoms with Crippen molar-refractivity contribution in [2.75, 3.05) is 5.32 Å². The van der Waals surface area contributed by atoms with E-state index in [1.165, 1.54) is 0 Å². The van der Waals surface area contributed by atoms with Crippen LogP contribution in [0.15, 0.2) is 48.5 Å². The van der Waals surface area contributed by atoms with Crippen LogP contribution in [0.3, 0.4) is 0 Å². The van der Waals surface area contributed by atoms with Crippen LogP contribution in [0.4, 0.5) is 5.69 Å². The van der Waals surface area contributed by atoms with Crippen LogP contribution >= 0.6 is 12.2 Å². The number of rotatable bonds is 4. The van der Waals surface area contributed by atoms with Crippen LogP contribution in [0.25, 0.3) is 11.0 Å². The number of aromatic nitrogens is 2. The smallest absolute Gasteiger partial charge is 0.168 e. The minimum Gasteiger partial charge on any atom is -0.486 e. The second-order valence-corrected chi connectivity index (χ2v) is 4.94. The van der Waals surface area contributed by atoms with E-state index in [4.69, 9.17) is 22.7 Å². The van der Waals surface area contributed by atoms with Gasteiger partial charge in [0.2, 0.25) is 0 Å². The Morgan fingerprint density at radius 2 is 1.95 bits per heavy atom. The molecule has 0 spiro atoms. The summed E-state index contributed by atoms with van der Waals surface area (Å²) in [5.41, 5.74) is 8.19. The fourth-order valence-corrected chi connectivity index (χ4v) is 2.12. The number of hydrogen-bond donors (Lipinski definition) is 3. The van der Waals surface area contributed by atoms with E-state index in [0.29, 0.717) is 6.61 Å². The van der Waals surface area contributed by atoms with Crippen molar-refractivity contribution in [3.8, 4) is 5.75 Å². The third kappa shape index (κ3) is 3.29. The van der Waals surface area contributed by atoms with Gasteiger partial charge in [-0.3, -0.25) is 0 Å². The van der Waals surface area contributed by atoms with Gasteiger partial charge in [0.15, 0.2) is 5.11 Å². The Hall–Kier alpha value is -2.60. The van der Waals surface area contributed by atoms with Crippen LogP contribution in [0.2, 0.25) is 0 Å². The fraction of sp³-hybridized carbons (Fsp3) is 0.0667.